The highest BCUT2D eigenvalue weighted by atomic mass is 19.1. The molecule has 1 fully saturated rings. The van der Waals surface area contributed by atoms with E-state index in [9.17, 15) is 4.39 Å². The molecule has 0 spiro atoms. The Bertz CT molecular complexity index is 381. The van der Waals surface area contributed by atoms with E-state index >= 15 is 0 Å². The van der Waals surface area contributed by atoms with Crippen LogP contribution in [0, 0.1) is 5.82 Å². The first-order valence-corrected chi connectivity index (χ1v) is 5.67. The number of hydrogen-bond donors (Lipinski definition) is 1. The molecule has 0 aliphatic carbocycles. The molecule has 5 heteroatoms. The molecule has 4 nitrogen and oxygen atoms in total. The number of nitrogens with two attached hydrogens (primary N) is 1. The first-order valence-electron chi connectivity index (χ1n) is 5.67. The predicted octanol–water partition coefficient (Wildman–Crippen LogP) is 1.42. The number of pyridine rings is 1. The number of halogens is 1. The Hall–Kier alpha value is -1.04. The van der Waals surface area contributed by atoms with Gasteiger partial charge in [0.2, 0.25) is 0 Å². The summed E-state index contributed by atoms with van der Waals surface area (Å²) in [6.45, 7) is 1.18. The van der Waals surface area contributed by atoms with Crippen LogP contribution in [0.4, 0.5) is 4.39 Å². The monoisotopic (exact) mass is 240 g/mol. The molecule has 2 heterocycles. The average molecular weight is 240 g/mol. The Kier molecular flexibility index (Phi) is 3.71. The molecule has 1 aliphatic rings. The topological polar surface area (TPSA) is 57.4 Å². The van der Waals surface area contributed by atoms with Gasteiger partial charge in [-0.05, 0) is 6.07 Å². The number of ether oxygens (including phenoxy) is 2. The maximum atomic E-state index is 13.7. The SMILES string of the molecule is COC1(C(N)c2ccncc2F)CCOCC1. The highest BCUT2D eigenvalue weighted by molar-refractivity contribution is 5.21. The highest BCUT2D eigenvalue weighted by Gasteiger charge is 2.40. The van der Waals surface area contributed by atoms with E-state index in [1.165, 1.54) is 6.20 Å². The minimum absolute atomic E-state index is 0.386. The predicted molar refractivity (Wildman–Crippen MR) is 60.9 cm³/mol. The molecule has 1 aromatic heterocycles. The first kappa shape index (κ1) is 12.4. The molecule has 0 aromatic carbocycles. The lowest BCUT2D eigenvalue weighted by Crippen LogP contribution is -2.47. The van der Waals surface area contributed by atoms with Gasteiger partial charge >= 0.3 is 0 Å². The molecular weight excluding hydrogens is 223 g/mol. The Morgan fingerprint density at radius 3 is 2.82 bits per heavy atom. The van der Waals surface area contributed by atoms with Crippen molar-refractivity contribution < 1.29 is 13.9 Å². The Morgan fingerprint density at radius 2 is 2.24 bits per heavy atom. The average Bonchev–Trinajstić information content (AvgIpc) is 2.39. The van der Waals surface area contributed by atoms with Crippen LogP contribution in [0.2, 0.25) is 0 Å². The van der Waals surface area contributed by atoms with Crippen molar-refractivity contribution in [3.8, 4) is 0 Å². The van der Waals surface area contributed by atoms with E-state index in [1.807, 2.05) is 0 Å². The molecule has 1 unspecified atom stereocenters. The van der Waals surface area contributed by atoms with Crippen LogP contribution in [-0.4, -0.2) is 30.9 Å². The zero-order valence-electron chi connectivity index (χ0n) is 9.86. The van der Waals surface area contributed by atoms with Crippen molar-refractivity contribution in [3.05, 3.63) is 29.8 Å². The zero-order chi connectivity index (χ0) is 12.3. The van der Waals surface area contributed by atoms with Crippen LogP contribution in [0.25, 0.3) is 0 Å². The Morgan fingerprint density at radius 1 is 1.53 bits per heavy atom. The third kappa shape index (κ3) is 2.31. The van der Waals surface area contributed by atoms with Gasteiger partial charge in [0.25, 0.3) is 0 Å². The second-order valence-electron chi connectivity index (χ2n) is 4.26. The zero-order valence-corrected chi connectivity index (χ0v) is 9.86. The summed E-state index contributed by atoms with van der Waals surface area (Å²) < 4.78 is 24.5. The van der Waals surface area contributed by atoms with Gasteiger partial charge in [0.15, 0.2) is 0 Å². The lowest BCUT2D eigenvalue weighted by Gasteiger charge is -2.40. The van der Waals surface area contributed by atoms with Crippen molar-refractivity contribution in [2.75, 3.05) is 20.3 Å². The Labute approximate surface area is 99.9 Å². The number of methoxy groups -OCH3 is 1. The largest absolute Gasteiger partial charge is 0.381 e. The highest BCUT2D eigenvalue weighted by Crippen LogP contribution is 2.36. The fraction of sp³-hybridized carbons (Fsp3) is 0.583. The first-order chi connectivity index (χ1) is 8.19. The van der Waals surface area contributed by atoms with E-state index in [4.69, 9.17) is 15.2 Å². The molecule has 17 heavy (non-hydrogen) atoms. The molecule has 1 atom stereocenters. The fourth-order valence-electron chi connectivity index (χ4n) is 2.28. The summed E-state index contributed by atoms with van der Waals surface area (Å²) in [7, 11) is 1.62. The van der Waals surface area contributed by atoms with Crippen molar-refractivity contribution in [2.45, 2.75) is 24.5 Å². The Balaban J connectivity index is 2.28. The van der Waals surface area contributed by atoms with Crippen molar-refractivity contribution >= 4 is 0 Å². The summed E-state index contributed by atoms with van der Waals surface area (Å²) in [6, 6.07) is 1.11. The van der Waals surface area contributed by atoms with Crippen LogP contribution < -0.4 is 5.73 Å². The van der Waals surface area contributed by atoms with E-state index in [0.29, 0.717) is 31.6 Å². The number of rotatable bonds is 3. The second-order valence-corrected chi connectivity index (χ2v) is 4.26. The summed E-state index contributed by atoms with van der Waals surface area (Å²) >= 11 is 0. The van der Waals surface area contributed by atoms with Crippen LogP contribution in [0.5, 0.6) is 0 Å². The normalized spacial score (nSPS) is 21.1. The lowest BCUT2D eigenvalue weighted by atomic mass is 9.83. The molecule has 0 bridgehead atoms. The number of nitrogens with zero attached hydrogens (tertiary/aromatic N) is 1. The molecule has 0 radical (unpaired) electrons. The molecule has 94 valence electrons. The van der Waals surface area contributed by atoms with Crippen LogP contribution in [0.15, 0.2) is 18.5 Å². The third-order valence-electron chi connectivity index (χ3n) is 3.45. The molecule has 1 aliphatic heterocycles. The van der Waals surface area contributed by atoms with Crippen LogP contribution in [-0.2, 0) is 9.47 Å². The van der Waals surface area contributed by atoms with E-state index in [1.54, 1.807) is 19.4 Å². The van der Waals surface area contributed by atoms with Gasteiger partial charge in [-0.25, -0.2) is 4.39 Å². The van der Waals surface area contributed by atoms with Crippen molar-refractivity contribution in [3.63, 3.8) is 0 Å². The van der Waals surface area contributed by atoms with E-state index < -0.39 is 11.6 Å². The van der Waals surface area contributed by atoms with Gasteiger partial charge in [-0.15, -0.1) is 0 Å². The van der Waals surface area contributed by atoms with Gasteiger partial charge < -0.3 is 15.2 Å². The number of hydrogen-bond acceptors (Lipinski definition) is 4. The standard InChI is InChI=1S/C12H17FN2O2/c1-16-12(3-6-17-7-4-12)11(14)9-2-5-15-8-10(9)13/h2,5,8,11H,3-4,6-7,14H2,1H3. The van der Waals surface area contributed by atoms with E-state index in [0.717, 1.165) is 0 Å². The summed E-state index contributed by atoms with van der Waals surface area (Å²) in [5.41, 5.74) is 6.07. The van der Waals surface area contributed by atoms with Gasteiger partial charge in [-0.3, -0.25) is 4.98 Å². The summed E-state index contributed by atoms with van der Waals surface area (Å²) in [5, 5.41) is 0. The maximum absolute atomic E-state index is 13.7. The fourth-order valence-corrected chi connectivity index (χ4v) is 2.28. The summed E-state index contributed by atoms with van der Waals surface area (Å²) in [4.78, 5) is 3.72. The second kappa shape index (κ2) is 5.08. The van der Waals surface area contributed by atoms with E-state index in [-0.39, 0.29) is 5.82 Å². The van der Waals surface area contributed by atoms with Crippen molar-refractivity contribution in [1.82, 2.24) is 4.98 Å². The lowest BCUT2D eigenvalue weighted by molar-refractivity contribution is -0.105. The van der Waals surface area contributed by atoms with Crippen LogP contribution >= 0.6 is 0 Å². The van der Waals surface area contributed by atoms with Crippen molar-refractivity contribution in [2.24, 2.45) is 5.73 Å². The molecule has 2 N–H and O–H groups in total. The summed E-state index contributed by atoms with van der Waals surface area (Å²) in [5.74, 6) is -0.386. The van der Waals surface area contributed by atoms with Gasteiger partial charge in [0, 0.05) is 44.9 Å². The van der Waals surface area contributed by atoms with Gasteiger partial charge in [0.05, 0.1) is 17.8 Å². The number of aromatic nitrogens is 1. The van der Waals surface area contributed by atoms with Crippen LogP contribution in [0.3, 0.4) is 0 Å². The minimum atomic E-state index is -0.541. The summed E-state index contributed by atoms with van der Waals surface area (Å²) in [6.07, 6.45) is 4.07. The van der Waals surface area contributed by atoms with Gasteiger partial charge in [-0.2, -0.15) is 0 Å². The minimum Gasteiger partial charge on any atom is -0.381 e. The molecule has 1 aromatic rings. The molecular formula is C12H17FN2O2. The van der Waals surface area contributed by atoms with Gasteiger partial charge in [-0.1, -0.05) is 0 Å². The molecule has 0 saturated carbocycles. The smallest absolute Gasteiger partial charge is 0.146 e. The van der Waals surface area contributed by atoms with Gasteiger partial charge in [0.1, 0.15) is 5.82 Å². The van der Waals surface area contributed by atoms with Crippen molar-refractivity contribution in [1.29, 1.82) is 0 Å². The maximum Gasteiger partial charge on any atom is 0.146 e. The quantitative estimate of drug-likeness (QED) is 0.868. The molecule has 1 saturated heterocycles. The molecule has 0 amide bonds. The van der Waals surface area contributed by atoms with E-state index in [2.05, 4.69) is 4.98 Å². The molecule has 2 rings (SSSR count). The van der Waals surface area contributed by atoms with Crippen LogP contribution in [0.1, 0.15) is 24.4 Å². The third-order valence-corrected chi connectivity index (χ3v) is 3.45.